The Bertz CT molecular complexity index is 1310. The molecular weight excluding hydrogens is 526 g/mol. The zero-order valence-corrected chi connectivity index (χ0v) is 26.6. The largest absolute Gasteiger partial charge is 0.493 e. The van der Waals surface area contributed by atoms with Crippen molar-refractivity contribution in [3.8, 4) is 11.5 Å². The fourth-order valence-electron chi connectivity index (χ4n) is 7.11. The van der Waals surface area contributed by atoms with Gasteiger partial charge in [0.1, 0.15) is 5.60 Å². The van der Waals surface area contributed by atoms with Crippen molar-refractivity contribution < 1.29 is 21.7 Å². The molecule has 2 aliphatic heterocycles. The van der Waals surface area contributed by atoms with E-state index in [9.17, 15) is 7.54 Å². The number of hydrogen-bond acceptors (Lipinski definition) is 6. The number of nitrogens with zero attached hydrogens (tertiary/aromatic N) is 3. The molecule has 1 saturated carbocycles. The molecule has 2 heterocycles. The van der Waals surface area contributed by atoms with Gasteiger partial charge in [-0.2, -0.15) is 0 Å². The molecule has 1 unspecified atom stereocenters. The molecule has 230 valence electrons. The van der Waals surface area contributed by atoms with Crippen LogP contribution in [-0.4, -0.2) is 79.4 Å². The molecule has 0 aromatic heterocycles. The van der Waals surface area contributed by atoms with Gasteiger partial charge in [0.25, 0.3) is 0 Å². The van der Waals surface area contributed by atoms with E-state index in [1.807, 2.05) is 36.6 Å². The molecule has 0 bridgehead atoms. The number of carbonyl (C=O) groups is 1. The van der Waals surface area contributed by atoms with Gasteiger partial charge in [0.15, 0.2) is 11.5 Å². The SMILES string of the molecule is [2H]C([2H])(c1ccc(OC)c(OC)c1)N1CCN(C2CC3(CCN(C(=O)OC(C)(C)C)CC3)C2)C(c2ccccc2C(C)C)C1. The predicted octanol–water partition coefficient (Wildman–Crippen LogP) is 6.87. The smallest absolute Gasteiger partial charge is 0.410 e. The van der Waals surface area contributed by atoms with Gasteiger partial charge in [0, 0.05) is 54.0 Å². The molecule has 1 spiro atoms. The molecule has 5 rings (SSSR count). The highest BCUT2D eigenvalue weighted by Crippen LogP contribution is 2.53. The number of amides is 1. The van der Waals surface area contributed by atoms with Gasteiger partial charge in [0.05, 0.1) is 14.2 Å². The number of hydrogen-bond donors (Lipinski definition) is 0. The van der Waals surface area contributed by atoms with Crippen molar-refractivity contribution in [2.75, 3.05) is 46.9 Å². The Hall–Kier alpha value is -2.77. The second kappa shape index (κ2) is 12.5. The number of ether oxygens (including phenoxy) is 3. The van der Waals surface area contributed by atoms with Crippen molar-refractivity contribution >= 4 is 6.09 Å². The van der Waals surface area contributed by atoms with E-state index in [2.05, 4.69) is 43.0 Å². The summed E-state index contributed by atoms with van der Waals surface area (Å²) in [7, 11) is 3.18. The average molecular weight is 580 g/mol. The number of piperazine rings is 1. The summed E-state index contributed by atoms with van der Waals surface area (Å²) in [5.74, 6) is 1.50. The Kier molecular flexibility index (Phi) is 8.31. The monoisotopic (exact) mass is 579 g/mol. The standard InChI is InChI=1S/C35H51N3O4/c1-25(2)28-10-8-9-11-29(28)30-24-36(23-26-12-13-31(40-6)32(20-26)41-7)18-19-38(30)27-21-35(22-27)14-16-37(17-15-35)33(39)42-34(3,4)5/h8-13,20,25,27,30H,14-19,21-24H2,1-7H3/i23D2. The van der Waals surface area contributed by atoms with Crippen LogP contribution in [0.3, 0.4) is 0 Å². The van der Waals surface area contributed by atoms with Crippen molar-refractivity contribution in [2.45, 2.75) is 90.4 Å². The quantitative estimate of drug-likeness (QED) is 0.357. The molecule has 0 radical (unpaired) electrons. The van der Waals surface area contributed by atoms with Crippen molar-refractivity contribution in [3.05, 3.63) is 59.2 Å². The van der Waals surface area contributed by atoms with Crippen LogP contribution in [0.1, 0.15) is 91.7 Å². The maximum Gasteiger partial charge on any atom is 0.410 e. The minimum atomic E-state index is -1.67. The van der Waals surface area contributed by atoms with E-state index >= 15 is 0 Å². The summed E-state index contributed by atoms with van der Waals surface area (Å²) in [6, 6.07) is 14.6. The van der Waals surface area contributed by atoms with Crippen molar-refractivity contribution in [2.24, 2.45) is 5.41 Å². The second-order valence-electron chi connectivity index (χ2n) is 13.7. The fourth-order valence-corrected chi connectivity index (χ4v) is 7.11. The van der Waals surface area contributed by atoms with E-state index in [-0.39, 0.29) is 17.6 Å². The topological polar surface area (TPSA) is 54.5 Å². The first-order chi connectivity index (χ1) is 20.8. The molecule has 2 aromatic rings. The Morgan fingerprint density at radius 3 is 2.33 bits per heavy atom. The molecule has 3 aliphatic rings. The molecule has 1 atom stereocenters. The van der Waals surface area contributed by atoms with Crippen LogP contribution in [0, 0.1) is 5.41 Å². The van der Waals surface area contributed by atoms with Crippen LogP contribution in [0.2, 0.25) is 0 Å². The van der Waals surface area contributed by atoms with Crippen molar-refractivity contribution in [3.63, 3.8) is 0 Å². The second-order valence-corrected chi connectivity index (χ2v) is 13.7. The van der Waals surface area contributed by atoms with E-state index in [4.69, 9.17) is 14.2 Å². The number of methoxy groups -OCH3 is 2. The van der Waals surface area contributed by atoms with Gasteiger partial charge in [-0.15, -0.1) is 0 Å². The summed E-state index contributed by atoms with van der Waals surface area (Å²) in [5.41, 5.74) is 2.99. The molecule has 1 aliphatic carbocycles. The first kappa shape index (κ1) is 28.0. The summed E-state index contributed by atoms with van der Waals surface area (Å²) in [5, 5.41) is 0. The lowest BCUT2D eigenvalue weighted by atomic mass is 9.59. The number of piperidine rings is 1. The number of rotatable bonds is 7. The molecule has 2 aromatic carbocycles. The Morgan fingerprint density at radius 1 is 1.00 bits per heavy atom. The molecule has 1 amide bonds. The van der Waals surface area contributed by atoms with Gasteiger partial charge in [0.2, 0.25) is 0 Å². The lowest BCUT2D eigenvalue weighted by Gasteiger charge is -2.58. The molecule has 0 N–H and O–H groups in total. The number of benzene rings is 2. The van der Waals surface area contributed by atoms with Gasteiger partial charge in [-0.1, -0.05) is 44.2 Å². The first-order valence-electron chi connectivity index (χ1n) is 16.6. The summed E-state index contributed by atoms with van der Waals surface area (Å²) in [6.45, 7) is 12.1. The third kappa shape index (κ3) is 6.73. The van der Waals surface area contributed by atoms with Crippen LogP contribution in [0.5, 0.6) is 11.5 Å². The van der Waals surface area contributed by atoms with Gasteiger partial charge in [-0.3, -0.25) is 9.80 Å². The van der Waals surface area contributed by atoms with Crippen LogP contribution < -0.4 is 9.47 Å². The highest BCUT2D eigenvalue weighted by molar-refractivity contribution is 5.68. The van der Waals surface area contributed by atoms with Crippen LogP contribution in [0.15, 0.2) is 42.5 Å². The normalized spacial score (nSPS) is 22.9. The molecule has 2 saturated heterocycles. The molecule has 7 heteroatoms. The van der Waals surface area contributed by atoms with Gasteiger partial charge >= 0.3 is 6.09 Å². The van der Waals surface area contributed by atoms with E-state index in [1.54, 1.807) is 26.4 Å². The molecule has 42 heavy (non-hydrogen) atoms. The number of likely N-dealkylation sites (tertiary alicyclic amines) is 1. The van der Waals surface area contributed by atoms with E-state index in [0.29, 0.717) is 42.1 Å². The maximum absolute atomic E-state index is 12.7. The van der Waals surface area contributed by atoms with Gasteiger partial charge in [-0.05, 0) is 86.6 Å². The van der Waals surface area contributed by atoms with E-state index < -0.39 is 12.1 Å². The van der Waals surface area contributed by atoms with Crippen LogP contribution >= 0.6 is 0 Å². The minimum Gasteiger partial charge on any atom is -0.493 e. The Morgan fingerprint density at radius 2 is 1.69 bits per heavy atom. The molecule has 7 nitrogen and oxygen atoms in total. The zero-order chi connectivity index (χ0) is 31.9. The van der Waals surface area contributed by atoms with Gasteiger partial charge < -0.3 is 19.1 Å². The predicted molar refractivity (Wildman–Crippen MR) is 167 cm³/mol. The lowest BCUT2D eigenvalue weighted by Crippen LogP contribution is -2.60. The van der Waals surface area contributed by atoms with Gasteiger partial charge in [-0.25, -0.2) is 4.79 Å². The summed E-state index contributed by atoms with van der Waals surface area (Å²) in [6.07, 6.45) is 4.07. The van der Waals surface area contributed by atoms with Crippen LogP contribution in [0.4, 0.5) is 4.79 Å². The van der Waals surface area contributed by atoms with E-state index in [1.165, 1.54) is 11.1 Å². The first-order valence-corrected chi connectivity index (χ1v) is 15.6. The van der Waals surface area contributed by atoms with E-state index in [0.717, 1.165) is 45.3 Å². The van der Waals surface area contributed by atoms with Crippen LogP contribution in [-0.2, 0) is 11.2 Å². The average Bonchev–Trinajstić information content (AvgIpc) is 2.98. The zero-order valence-electron chi connectivity index (χ0n) is 28.6. The fraction of sp³-hybridized carbons (Fsp3) is 0.629. The van der Waals surface area contributed by atoms with Crippen LogP contribution in [0.25, 0.3) is 0 Å². The lowest BCUT2D eigenvalue weighted by molar-refractivity contribution is -0.0782. The Labute approximate surface area is 255 Å². The van der Waals surface area contributed by atoms with Crippen molar-refractivity contribution in [1.82, 2.24) is 14.7 Å². The van der Waals surface area contributed by atoms with Crippen molar-refractivity contribution in [1.29, 1.82) is 0 Å². The minimum absolute atomic E-state index is 0.0850. The third-order valence-corrected chi connectivity index (χ3v) is 9.35. The Balaban J connectivity index is 1.34. The maximum atomic E-state index is 12.7. The highest BCUT2D eigenvalue weighted by atomic mass is 16.6. The summed E-state index contributed by atoms with van der Waals surface area (Å²) >= 11 is 0. The highest BCUT2D eigenvalue weighted by Gasteiger charge is 2.50. The summed E-state index contributed by atoms with van der Waals surface area (Å²) < 4.78 is 35.1. The summed E-state index contributed by atoms with van der Waals surface area (Å²) in [4.78, 5) is 19.2. The number of carbonyl (C=O) groups excluding carboxylic acids is 1. The third-order valence-electron chi connectivity index (χ3n) is 9.35. The molecular formula is C35H51N3O4. The molecule has 3 fully saturated rings.